The summed E-state index contributed by atoms with van der Waals surface area (Å²) >= 11 is 8.26. The normalized spacial score (nSPS) is 13.0. The van der Waals surface area contributed by atoms with Crippen molar-refractivity contribution >= 4 is 82.9 Å². The van der Waals surface area contributed by atoms with E-state index < -0.39 is 6.10 Å². The molecule has 4 aromatic rings. The third kappa shape index (κ3) is 3.67. The summed E-state index contributed by atoms with van der Waals surface area (Å²) in [5.74, 6) is 0. The van der Waals surface area contributed by atoms with Crippen LogP contribution in [0.1, 0.15) is 11.4 Å². The van der Waals surface area contributed by atoms with Crippen LogP contribution in [0.3, 0.4) is 0 Å². The standard InChI is InChI=1S/C20H18BrI2N3O/c1-11-20(21)12(2)26(24-11)10-15(27)9-25-18-5-3-13(22)7-16(18)17-8-14(23)4-6-19(17)25/h3-8,15,27H,9-10H2,1-2H3. The molecule has 140 valence electrons. The summed E-state index contributed by atoms with van der Waals surface area (Å²) in [5, 5.41) is 17.8. The number of aromatic nitrogens is 3. The van der Waals surface area contributed by atoms with E-state index in [9.17, 15) is 5.11 Å². The molecule has 27 heavy (non-hydrogen) atoms. The zero-order valence-electron chi connectivity index (χ0n) is 14.9. The largest absolute Gasteiger partial charge is 0.389 e. The number of rotatable bonds is 4. The number of hydrogen-bond acceptors (Lipinski definition) is 2. The molecule has 2 aromatic carbocycles. The first-order valence-corrected chi connectivity index (χ1v) is 11.5. The lowest BCUT2D eigenvalue weighted by molar-refractivity contribution is 0.132. The lowest BCUT2D eigenvalue weighted by Gasteiger charge is -2.15. The molecule has 4 nitrogen and oxygen atoms in total. The van der Waals surface area contributed by atoms with Gasteiger partial charge in [-0.25, -0.2) is 0 Å². The minimum atomic E-state index is -0.535. The lowest BCUT2D eigenvalue weighted by atomic mass is 10.2. The molecule has 0 amide bonds. The molecule has 0 bridgehead atoms. The molecule has 0 aliphatic rings. The topological polar surface area (TPSA) is 43.0 Å². The van der Waals surface area contributed by atoms with Crippen LogP contribution in [-0.4, -0.2) is 25.6 Å². The Morgan fingerprint density at radius 3 is 2.04 bits per heavy atom. The number of aryl methyl sites for hydroxylation is 1. The molecule has 0 spiro atoms. The van der Waals surface area contributed by atoms with Crippen LogP contribution in [0.5, 0.6) is 0 Å². The van der Waals surface area contributed by atoms with Crippen molar-refractivity contribution in [2.45, 2.75) is 33.0 Å². The van der Waals surface area contributed by atoms with Gasteiger partial charge in [0.25, 0.3) is 0 Å². The fourth-order valence-corrected chi connectivity index (χ4v) is 4.83. The van der Waals surface area contributed by atoms with Crippen molar-refractivity contribution in [1.82, 2.24) is 14.3 Å². The van der Waals surface area contributed by atoms with Crippen LogP contribution in [0.25, 0.3) is 21.8 Å². The first kappa shape index (κ1) is 19.7. The highest BCUT2D eigenvalue weighted by molar-refractivity contribution is 14.1. The van der Waals surface area contributed by atoms with Gasteiger partial charge in [0, 0.05) is 34.6 Å². The third-order valence-electron chi connectivity index (χ3n) is 4.86. The molecular weight excluding hydrogens is 632 g/mol. The molecule has 2 aromatic heterocycles. The second kappa shape index (κ2) is 7.64. The first-order chi connectivity index (χ1) is 12.8. The molecule has 4 rings (SSSR count). The van der Waals surface area contributed by atoms with Crippen LogP contribution < -0.4 is 0 Å². The summed E-state index contributed by atoms with van der Waals surface area (Å²) in [6.07, 6.45) is -0.535. The highest BCUT2D eigenvalue weighted by Crippen LogP contribution is 2.32. The Hall–Kier alpha value is -0.650. The molecule has 0 radical (unpaired) electrons. The van der Waals surface area contributed by atoms with E-state index in [1.165, 1.54) is 17.9 Å². The molecule has 1 N–H and O–H groups in total. The first-order valence-electron chi connectivity index (χ1n) is 8.59. The van der Waals surface area contributed by atoms with Crippen LogP contribution in [0.15, 0.2) is 40.9 Å². The van der Waals surface area contributed by atoms with Gasteiger partial charge in [0.15, 0.2) is 0 Å². The van der Waals surface area contributed by atoms with Gasteiger partial charge < -0.3 is 9.67 Å². The van der Waals surface area contributed by atoms with E-state index in [-0.39, 0.29) is 0 Å². The molecule has 1 unspecified atom stereocenters. The summed E-state index contributed by atoms with van der Waals surface area (Å²) < 4.78 is 7.54. The van der Waals surface area contributed by atoms with Crippen molar-refractivity contribution in [2.24, 2.45) is 0 Å². The number of aliphatic hydroxyl groups excluding tert-OH is 1. The van der Waals surface area contributed by atoms with Crippen LogP contribution in [0, 0.1) is 21.0 Å². The highest BCUT2D eigenvalue weighted by Gasteiger charge is 2.17. The maximum atomic E-state index is 10.8. The zero-order valence-corrected chi connectivity index (χ0v) is 20.8. The van der Waals surface area contributed by atoms with E-state index in [1.54, 1.807) is 0 Å². The molecule has 2 heterocycles. The highest BCUT2D eigenvalue weighted by atomic mass is 127. The van der Waals surface area contributed by atoms with Gasteiger partial charge >= 0.3 is 0 Å². The second-order valence-electron chi connectivity index (χ2n) is 6.75. The Balaban J connectivity index is 1.75. The zero-order chi connectivity index (χ0) is 19.3. The number of benzene rings is 2. The third-order valence-corrected chi connectivity index (χ3v) is 7.35. The maximum Gasteiger partial charge on any atom is 0.0914 e. The molecular formula is C20H18BrI2N3O. The Labute approximate surface area is 193 Å². The summed E-state index contributed by atoms with van der Waals surface area (Å²) in [6.45, 7) is 4.97. The van der Waals surface area contributed by atoms with Gasteiger partial charge in [0.2, 0.25) is 0 Å². The average molecular weight is 650 g/mol. The fourth-order valence-electron chi connectivity index (χ4n) is 3.57. The van der Waals surface area contributed by atoms with Crippen molar-refractivity contribution in [3.05, 3.63) is 59.4 Å². The fraction of sp³-hybridized carbons (Fsp3) is 0.250. The van der Waals surface area contributed by atoms with Gasteiger partial charge in [-0.15, -0.1) is 0 Å². The van der Waals surface area contributed by atoms with E-state index in [0.717, 1.165) is 26.9 Å². The van der Waals surface area contributed by atoms with Crippen LogP contribution >= 0.6 is 61.1 Å². The predicted molar refractivity (Wildman–Crippen MR) is 130 cm³/mol. The van der Waals surface area contributed by atoms with Crippen LogP contribution in [-0.2, 0) is 13.1 Å². The van der Waals surface area contributed by atoms with Crippen molar-refractivity contribution in [2.75, 3.05) is 0 Å². The predicted octanol–water partition coefficient (Wildman–Crippen LogP) is 5.64. The number of hydrogen-bond donors (Lipinski definition) is 1. The van der Waals surface area contributed by atoms with Crippen LogP contribution in [0.4, 0.5) is 0 Å². The molecule has 1 atom stereocenters. The minimum Gasteiger partial charge on any atom is -0.389 e. The van der Waals surface area contributed by atoms with Gasteiger partial charge in [0.1, 0.15) is 0 Å². The van der Waals surface area contributed by atoms with Crippen molar-refractivity contribution in [1.29, 1.82) is 0 Å². The number of aliphatic hydroxyl groups is 1. The number of nitrogens with zero attached hydrogens (tertiary/aromatic N) is 3. The van der Waals surface area contributed by atoms with E-state index in [1.807, 2.05) is 18.5 Å². The molecule has 0 saturated carbocycles. The van der Waals surface area contributed by atoms with E-state index in [4.69, 9.17) is 0 Å². The van der Waals surface area contributed by atoms with Gasteiger partial charge in [-0.2, -0.15) is 5.10 Å². The van der Waals surface area contributed by atoms with E-state index in [2.05, 4.69) is 107 Å². The Bertz CT molecular complexity index is 1110. The second-order valence-corrected chi connectivity index (χ2v) is 10.0. The lowest BCUT2D eigenvalue weighted by Crippen LogP contribution is -2.23. The summed E-state index contributed by atoms with van der Waals surface area (Å²) in [5.41, 5.74) is 4.29. The molecule has 0 aliphatic carbocycles. The maximum absolute atomic E-state index is 10.8. The SMILES string of the molecule is Cc1nn(CC(O)Cn2c3ccc(I)cc3c3cc(I)ccc32)c(C)c1Br. The summed E-state index contributed by atoms with van der Waals surface area (Å²) in [7, 11) is 0. The Morgan fingerprint density at radius 2 is 1.56 bits per heavy atom. The van der Waals surface area contributed by atoms with Crippen molar-refractivity contribution in [3.8, 4) is 0 Å². The van der Waals surface area contributed by atoms with Gasteiger partial charge in [-0.1, -0.05) is 0 Å². The van der Waals surface area contributed by atoms with E-state index in [0.29, 0.717) is 13.1 Å². The molecule has 0 fully saturated rings. The Kier molecular flexibility index (Phi) is 5.56. The Morgan fingerprint density at radius 1 is 1.00 bits per heavy atom. The monoisotopic (exact) mass is 649 g/mol. The van der Waals surface area contributed by atoms with Crippen molar-refractivity contribution in [3.63, 3.8) is 0 Å². The van der Waals surface area contributed by atoms with Crippen molar-refractivity contribution < 1.29 is 5.11 Å². The van der Waals surface area contributed by atoms with Gasteiger partial charge in [-0.05, 0) is 111 Å². The molecule has 7 heteroatoms. The summed E-state index contributed by atoms with van der Waals surface area (Å²) in [6, 6.07) is 13.0. The van der Waals surface area contributed by atoms with Gasteiger partial charge in [-0.3, -0.25) is 4.68 Å². The number of halogens is 3. The smallest absolute Gasteiger partial charge is 0.0914 e. The van der Waals surface area contributed by atoms with E-state index >= 15 is 0 Å². The summed E-state index contributed by atoms with van der Waals surface area (Å²) in [4.78, 5) is 0. The molecule has 0 saturated heterocycles. The molecule has 0 aliphatic heterocycles. The van der Waals surface area contributed by atoms with Gasteiger partial charge in [0.05, 0.1) is 29.4 Å². The minimum absolute atomic E-state index is 0.466. The average Bonchev–Trinajstić information content (AvgIpc) is 3.04. The number of fused-ring (bicyclic) bond motifs is 3. The quantitative estimate of drug-likeness (QED) is 0.291. The van der Waals surface area contributed by atoms with Crippen LogP contribution in [0.2, 0.25) is 0 Å².